The maximum absolute atomic E-state index is 8.40. The summed E-state index contributed by atoms with van der Waals surface area (Å²) in [5.74, 6) is 0.623. The molecule has 0 aliphatic rings. The van der Waals surface area contributed by atoms with E-state index in [2.05, 4.69) is 0 Å². The summed E-state index contributed by atoms with van der Waals surface area (Å²) in [7, 11) is 1.53. The van der Waals surface area contributed by atoms with Crippen molar-refractivity contribution in [3.05, 3.63) is 11.8 Å². The summed E-state index contributed by atoms with van der Waals surface area (Å²) in [4.78, 5) is 0. The molecule has 0 aliphatic carbocycles. The zero-order valence-corrected chi connectivity index (χ0v) is 5.79. The van der Waals surface area contributed by atoms with Gasteiger partial charge in [-0.05, 0) is 13.0 Å². The van der Waals surface area contributed by atoms with Crippen LogP contribution in [-0.4, -0.2) is 24.9 Å². The van der Waals surface area contributed by atoms with Gasteiger partial charge in [0.1, 0.15) is 5.76 Å². The molecule has 0 aromatic heterocycles. The van der Waals surface area contributed by atoms with Gasteiger partial charge in [0.15, 0.2) is 0 Å². The van der Waals surface area contributed by atoms with Crippen molar-refractivity contribution in [3.8, 4) is 0 Å². The van der Waals surface area contributed by atoms with Crippen LogP contribution < -0.4 is 5.73 Å². The number of ether oxygens (including phenoxy) is 1. The fraction of sp³-hybridized carbons (Fsp3) is 0.667. The van der Waals surface area contributed by atoms with E-state index in [1.165, 1.54) is 7.11 Å². The Kier molecular flexibility index (Phi) is 4.09. The lowest BCUT2D eigenvalue weighted by molar-refractivity contribution is 0.257. The van der Waals surface area contributed by atoms with Crippen LogP contribution in [0.5, 0.6) is 0 Å². The highest BCUT2D eigenvalue weighted by Gasteiger charge is 1.99. The molecule has 0 spiro atoms. The lowest BCUT2D eigenvalue weighted by Gasteiger charge is -2.07. The Morgan fingerprint density at radius 1 is 1.89 bits per heavy atom. The molecule has 0 radical (unpaired) electrons. The van der Waals surface area contributed by atoms with Crippen LogP contribution in [-0.2, 0) is 4.74 Å². The molecule has 3 N–H and O–H groups in total. The minimum Gasteiger partial charge on any atom is -0.500 e. The van der Waals surface area contributed by atoms with Crippen molar-refractivity contribution >= 4 is 0 Å². The molecule has 0 fully saturated rings. The fourth-order valence-electron chi connectivity index (χ4n) is 0.545. The molecule has 0 heterocycles. The fourth-order valence-corrected chi connectivity index (χ4v) is 0.545. The lowest BCUT2D eigenvalue weighted by atomic mass is 10.3. The summed E-state index contributed by atoms with van der Waals surface area (Å²) in [5.41, 5.74) is 5.43. The Hall–Kier alpha value is -0.540. The van der Waals surface area contributed by atoms with E-state index >= 15 is 0 Å². The number of nitrogens with two attached hydrogens (primary N) is 1. The number of methoxy groups -OCH3 is 1. The van der Waals surface area contributed by atoms with E-state index in [4.69, 9.17) is 15.6 Å². The monoisotopic (exact) mass is 131 g/mol. The normalized spacial score (nSPS) is 15.3. The van der Waals surface area contributed by atoms with E-state index in [-0.39, 0.29) is 12.6 Å². The van der Waals surface area contributed by atoms with Crippen LogP contribution in [0.3, 0.4) is 0 Å². The average Bonchev–Trinajstić information content (AvgIpc) is 1.82. The molecule has 0 rings (SSSR count). The van der Waals surface area contributed by atoms with Crippen molar-refractivity contribution in [3.63, 3.8) is 0 Å². The van der Waals surface area contributed by atoms with E-state index in [1.54, 1.807) is 13.0 Å². The largest absolute Gasteiger partial charge is 0.500 e. The third kappa shape index (κ3) is 3.11. The van der Waals surface area contributed by atoms with E-state index in [1.807, 2.05) is 0 Å². The minimum absolute atomic E-state index is 0.0231. The molecule has 3 heteroatoms. The first kappa shape index (κ1) is 8.46. The highest BCUT2D eigenvalue weighted by atomic mass is 16.5. The Labute approximate surface area is 55.1 Å². The van der Waals surface area contributed by atoms with Crippen LogP contribution in [0.1, 0.15) is 6.92 Å². The number of rotatable bonds is 3. The number of aliphatic hydroxyl groups excluding tert-OH is 1. The SMILES string of the molecule is CO/C(=C\CO)C(C)N. The Morgan fingerprint density at radius 3 is 2.56 bits per heavy atom. The molecule has 1 atom stereocenters. The van der Waals surface area contributed by atoms with Crippen LogP contribution >= 0.6 is 0 Å². The van der Waals surface area contributed by atoms with Gasteiger partial charge >= 0.3 is 0 Å². The summed E-state index contributed by atoms with van der Waals surface area (Å²) in [5, 5.41) is 8.40. The molecule has 0 amide bonds. The van der Waals surface area contributed by atoms with Crippen molar-refractivity contribution in [2.45, 2.75) is 13.0 Å². The molecule has 0 aromatic rings. The van der Waals surface area contributed by atoms with Crippen molar-refractivity contribution in [1.82, 2.24) is 0 Å². The highest BCUT2D eigenvalue weighted by Crippen LogP contribution is 1.97. The Bertz CT molecular complexity index is 99.2. The third-order valence-electron chi connectivity index (χ3n) is 0.977. The van der Waals surface area contributed by atoms with Gasteiger partial charge in [-0.15, -0.1) is 0 Å². The van der Waals surface area contributed by atoms with Gasteiger partial charge in [0.05, 0.1) is 19.8 Å². The van der Waals surface area contributed by atoms with Gasteiger partial charge in [-0.3, -0.25) is 0 Å². The van der Waals surface area contributed by atoms with Crippen LogP contribution in [0.25, 0.3) is 0 Å². The van der Waals surface area contributed by atoms with Gasteiger partial charge in [0.2, 0.25) is 0 Å². The number of aliphatic hydroxyl groups is 1. The second-order valence-electron chi connectivity index (χ2n) is 1.78. The van der Waals surface area contributed by atoms with Gasteiger partial charge in [-0.2, -0.15) is 0 Å². The van der Waals surface area contributed by atoms with Crippen LogP contribution in [0.4, 0.5) is 0 Å². The molecule has 0 aromatic carbocycles. The van der Waals surface area contributed by atoms with Crippen LogP contribution in [0.15, 0.2) is 11.8 Å². The first-order chi connectivity index (χ1) is 4.22. The smallest absolute Gasteiger partial charge is 0.110 e. The molecule has 0 saturated heterocycles. The standard InChI is InChI=1S/C6H13NO2/c1-5(7)6(9-2)3-4-8/h3,5,8H,4,7H2,1-2H3/b6-3-. The molecule has 54 valence electrons. The molecule has 0 bridgehead atoms. The van der Waals surface area contributed by atoms with Crippen LogP contribution in [0, 0.1) is 0 Å². The predicted molar refractivity (Wildman–Crippen MR) is 35.8 cm³/mol. The maximum atomic E-state index is 8.40. The highest BCUT2D eigenvalue weighted by molar-refractivity contribution is 4.99. The van der Waals surface area contributed by atoms with Crippen molar-refractivity contribution < 1.29 is 9.84 Å². The number of hydrogen-bond donors (Lipinski definition) is 2. The van der Waals surface area contributed by atoms with Gasteiger partial charge < -0.3 is 15.6 Å². The third-order valence-corrected chi connectivity index (χ3v) is 0.977. The molecule has 9 heavy (non-hydrogen) atoms. The second kappa shape index (κ2) is 4.35. The summed E-state index contributed by atoms with van der Waals surface area (Å²) in [6.45, 7) is 1.77. The van der Waals surface area contributed by atoms with Gasteiger partial charge in [0, 0.05) is 0 Å². The van der Waals surface area contributed by atoms with Crippen molar-refractivity contribution in [1.29, 1.82) is 0 Å². The van der Waals surface area contributed by atoms with Crippen LogP contribution in [0.2, 0.25) is 0 Å². The molecule has 1 unspecified atom stereocenters. The maximum Gasteiger partial charge on any atom is 0.110 e. The van der Waals surface area contributed by atoms with Gasteiger partial charge in [-0.1, -0.05) is 0 Å². The average molecular weight is 131 g/mol. The zero-order chi connectivity index (χ0) is 7.28. The lowest BCUT2D eigenvalue weighted by Crippen LogP contribution is -2.19. The molecule has 3 nitrogen and oxygen atoms in total. The summed E-state index contributed by atoms with van der Waals surface area (Å²) in [6, 6.07) is -0.137. The summed E-state index contributed by atoms with van der Waals surface area (Å²) in [6.07, 6.45) is 1.55. The first-order valence-electron chi connectivity index (χ1n) is 2.82. The first-order valence-corrected chi connectivity index (χ1v) is 2.82. The Balaban J connectivity index is 3.81. The van der Waals surface area contributed by atoms with E-state index in [0.29, 0.717) is 5.76 Å². The minimum atomic E-state index is -0.137. The quantitative estimate of drug-likeness (QED) is 0.524. The second-order valence-corrected chi connectivity index (χ2v) is 1.78. The zero-order valence-electron chi connectivity index (χ0n) is 5.79. The predicted octanol–water partition coefficient (Wildman–Crippen LogP) is -0.144. The summed E-state index contributed by atoms with van der Waals surface area (Å²) < 4.78 is 4.83. The molecule has 0 saturated carbocycles. The molecular formula is C6H13NO2. The molecule has 0 aliphatic heterocycles. The van der Waals surface area contributed by atoms with Gasteiger partial charge in [-0.25, -0.2) is 0 Å². The number of hydrogen-bond acceptors (Lipinski definition) is 3. The topological polar surface area (TPSA) is 55.5 Å². The van der Waals surface area contributed by atoms with Gasteiger partial charge in [0.25, 0.3) is 0 Å². The van der Waals surface area contributed by atoms with Crippen molar-refractivity contribution in [2.24, 2.45) is 5.73 Å². The Morgan fingerprint density at radius 2 is 2.44 bits per heavy atom. The van der Waals surface area contributed by atoms with E-state index < -0.39 is 0 Å². The van der Waals surface area contributed by atoms with E-state index in [0.717, 1.165) is 0 Å². The van der Waals surface area contributed by atoms with Crippen molar-refractivity contribution in [2.75, 3.05) is 13.7 Å². The molecular weight excluding hydrogens is 118 g/mol. The summed E-state index contributed by atoms with van der Waals surface area (Å²) >= 11 is 0. The van der Waals surface area contributed by atoms with E-state index in [9.17, 15) is 0 Å².